The second-order valence-electron chi connectivity index (χ2n) is 6.96. The van der Waals surface area contributed by atoms with Crippen LogP contribution in [0.1, 0.15) is 76.8 Å². The average Bonchev–Trinajstić information content (AvgIpc) is 2.67. The zero-order valence-corrected chi connectivity index (χ0v) is 16.4. The van der Waals surface area contributed by atoms with Gasteiger partial charge in [0.25, 0.3) is 0 Å². The Morgan fingerprint density at radius 2 is 1.28 bits per heavy atom. The van der Waals surface area contributed by atoms with Crippen LogP contribution < -0.4 is 0 Å². The summed E-state index contributed by atoms with van der Waals surface area (Å²) in [4.78, 5) is 0. The molecule has 0 saturated carbocycles. The molecule has 0 aliphatic heterocycles. The fourth-order valence-electron chi connectivity index (χ4n) is 3.42. The van der Waals surface area contributed by atoms with Crippen LogP contribution in [0.2, 0.25) is 0 Å². The lowest BCUT2D eigenvalue weighted by Crippen LogP contribution is -1.87. The minimum Gasteiger partial charge on any atom is -0.0839 e. The SMILES string of the molecule is CC=C(CC)c1ccc(-c2ccc(CCCCCCCC)cc2)cc1. The molecule has 0 unspecified atom stereocenters. The summed E-state index contributed by atoms with van der Waals surface area (Å²) in [7, 11) is 0. The average molecular weight is 335 g/mol. The summed E-state index contributed by atoms with van der Waals surface area (Å²) in [5.41, 5.74) is 6.85. The third-order valence-corrected chi connectivity index (χ3v) is 5.09. The van der Waals surface area contributed by atoms with Crippen LogP contribution in [0.3, 0.4) is 0 Å². The Bertz CT molecular complexity index is 629. The monoisotopic (exact) mass is 334 g/mol. The molecule has 0 amide bonds. The van der Waals surface area contributed by atoms with Gasteiger partial charge in [0, 0.05) is 0 Å². The lowest BCUT2D eigenvalue weighted by Gasteiger charge is -2.08. The maximum absolute atomic E-state index is 2.30. The van der Waals surface area contributed by atoms with Crippen molar-refractivity contribution in [2.24, 2.45) is 0 Å². The first-order valence-corrected chi connectivity index (χ1v) is 10.1. The highest BCUT2D eigenvalue weighted by molar-refractivity contribution is 5.70. The Kier molecular flexibility index (Phi) is 8.52. The fraction of sp³-hybridized carbons (Fsp3) is 0.440. The van der Waals surface area contributed by atoms with Crippen molar-refractivity contribution >= 4 is 5.57 Å². The Hall–Kier alpha value is -1.82. The van der Waals surface area contributed by atoms with Crippen LogP contribution in [0.25, 0.3) is 16.7 Å². The highest BCUT2D eigenvalue weighted by atomic mass is 14.1. The first kappa shape index (κ1) is 19.5. The highest BCUT2D eigenvalue weighted by Crippen LogP contribution is 2.24. The van der Waals surface area contributed by atoms with E-state index in [1.165, 1.54) is 72.8 Å². The van der Waals surface area contributed by atoms with Crippen LogP contribution in [0.5, 0.6) is 0 Å². The molecule has 0 atom stereocenters. The molecule has 0 N–H and O–H groups in total. The molecule has 0 spiro atoms. The first-order chi connectivity index (χ1) is 12.3. The van der Waals surface area contributed by atoms with Gasteiger partial charge in [-0.05, 0) is 54.0 Å². The van der Waals surface area contributed by atoms with Crippen LogP contribution in [0, 0.1) is 0 Å². The van der Waals surface area contributed by atoms with E-state index in [-0.39, 0.29) is 0 Å². The van der Waals surface area contributed by atoms with Gasteiger partial charge in [0.1, 0.15) is 0 Å². The van der Waals surface area contributed by atoms with E-state index in [1.54, 1.807) is 0 Å². The van der Waals surface area contributed by atoms with Crippen molar-refractivity contribution in [2.45, 2.75) is 72.1 Å². The van der Waals surface area contributed by atoms with E-state index >= 15 is 0 Å². The van der Waals surface area contributed by atoms with E-state index in [2.05, 4.69) is 75.4 Å². The first-order valence-electron chi connectivity index (χ1n) is 10.1. The number of aryl methyl sites for hydroxylation is 1. The van der Waals surface area contributed by atoms with Crippen LogP contribution in [0.15, 0.2) is 54.6 Å². The number of allylic oxidation sites excluding steroid dienone is 2. The van der Waals surface area contributed by atoms with Crippen LogP contribution >= 0.6 is 0 Å². The molecule has 0 aliphatic rings. The highest BCUT2D eigenvalue weighted by Gasteiger charge is 2.01. The summed E-state index contributed by atoms with van der Waals surface area (Å²) in [6.07, 6.45) is 12.7. The number of rotatable bonds is 10. The number of benzene rings is 2. The van der Waals surface area contributed by atoms with Gasteiger partial charge in [0.15, 0.2) is 0 Å². The topological polar surface area (TPSA) is 0 Å². The lowest BCUT2D eigenvalue weighted by molar-refractivity contribution is 0.607. The molecule has 0 heterocycles. The molecule has 0 aliphatic carbocycles. The van der Waals surface area contributed by atoms with Gasteiger partial charge in [-0.2, -0.15) is 0 Å². The molecule has 0 fully saturated rings. The van der Waals surface area contributed by atoms with Gasteiger partial charge in [-0.1, -0.05) is 101 Å². The van der Waals surface area contributed by atoms with Crippen LogP contribution in [0.4, 0.5) is 0 Å². The van der Waals surface area contributed by atoms with E-state index in [9.17, 15) is 0 Å². The predicted molar refractivity (Wildman–Crippen MR) is 113 cm³/mol. The van der Waals surface area contributed by atoms with Gasteiger partial charge in [0.05, 0.1) is 0 Å². The largest absolute Gasteiger partial charge is 0.0839 e. The number of hydrogen-bond donors (Lipinski definition) is 0. The quantitative estimate of drug-likeness (QED) is 0.385. The molecule has 2 aromatic carbocycles. The van der Waals surface area contributed by atoms with E-state index in [1.807, 2.05) is 0 Å². The van der Waals surface area contributed by atoms with E-state index in [0.29, 0.717) is 0 Å². The summed E-state index contributed by atoms with van der Waals surface area (Å²) in [6, 6.07) is 18.2. The third kappa shape index (κ3) is 6.20. The molecule has 2 rings (SSSR count). The molecule has 0 heteroatoms. The molecule has 0 aromatic heterocycles. The van der Waals surface area contributed by atoms with Gasteiger partial charge in [0.2, 0.25) is 0 Å². The molecule has 0 radical (unpaired) electrons. The van der Waals surface area contributed by atoms with Crippen molar-refractivity contribution in [3.8, 4) is 11.1 Å². The Morgan fingerprint density at radius 1 is 0.720 bits per heavy atom. The van der Waals surface area contributed by atoms with Gasteiger partial charge >= 0.3 is 0 Å². The Balaban J connectivity index is 1.89. The minimum atomic E-state index is 1.09. The van der Waals surface area contributed by atoms with Crippen molar-refractivity contribution in [3.05, 3.63) is 65.7 Å². The predicted octanol–water partition coefficient (Wildman–Crippen LogP) is 8.07. The maximum Gasteiger partial charge on any atom is -0.0184 e. The fourth-order valence-corrected chi connectivity index (χ4v) is 3.42. The van der Waals surface area contributed by atoms with Gasteiger partial charge in [-0.3, -0.25) is 0 Å². The second kappa shape index (κ2) is 10.9. The molecule has 0 bridgehead atoms. The van der Waals surface area contributed by atoms with Crippen molar-refractivity contribution in [3.63, 3.8) is 0 Å². The smallest absolute Gasteiger partial charge is 0.0184 e. The van der Waals surface area contributed by atoms with Crippen molar-refractivity contribution in [2.75, 3.05) is 0 Å². The van der Waals surface area contributed by atoms with E-state index in [4.69, 9.17) is 0 Å². The molecule has 25 heavy (non-hydrogen) atoms. The normalized spacial score (nSPS) is 11.7. The zero-order valence-electron chi connectivity index (χ0n) is 16.4. The maximum atomic E-state index is 2.30. The molecule has 2 aromatic rings. The molecular weight excluding hydrogens is 300 g/mol. The summed E-state index contributed by atoms with van der Waals surface area (Å²) < 4.78 is 0. The molecule has 134 valence electrons. The lowest BCUT2D eigenvalue weighted by atomic mass is 9.97. The molecule has 0 saturated heterocycles. The van der Waals surface area contributed by atoms with E-state index < -0.39 is 0 Å². The summed E-state index contributed by atoms with van der Waals surface area (Å²) in [5.74, 6) is 0. The van der Waals surface area contributed by atoms with E-state index in [0.717, 1.165) is 6.42 Å². The van der Waals surface area contributed by atoms with Gasteiger partial charge in [-0.15, -0.1) is 0 Å². The second-order valence-corrected chi connectivity index (χ2v) is 6.96. The van der Waals surface area contributed by atoms with Crippen LogP contribution in [-0.4, -0.2) is 0 Å². The van der Waals surface area contributed by atoms with Crippen molar-refractivity contribution in [1.29, 1.82) is 0 Å². The Morgan fingerprint density at radius 3 is 1.84 bits per heavy atom. The molecular formula is C25H34. The van der Waals surface area contributed by atoms with Crippen LogP contribution in [-0.2, 0) is 6.42 Å². The number of unbranched alkanes of at least 4 members (excludes halogenated alkanes) is 5. The Labute approximate surface area is 155 Å². The summed E-state index contributed by atoms with van der Waals surface area (Å²) >= 11 is 0. The standard InChI is InChI=1S/C25H34/c1-4-7-8-9-10-11-12-21-13-15-24(16-14-21)25-19-17-23(18-20-25)22(5-2)6-3/h5,13-20H,4,6-12H2,1-3H3. The van der Waals surface area contributed by atoms with Crippen molar-refractivity contribution in [1.82, 2.24) is 0 Å². The van der Waals surface area contributed by atoms with Gasteiger partial charge < -0.3 is 0 Å². The van der Waals surface area contributed by atoms with Crippen molar-refractivity contribution < 1.29 is 0 Å². The third-order valence-electron chi connectivity index (χ3n) is 5.09. The molecule has 0 nitrogen and oxygen atoms in total. The van der Waals surface area contributed by atoms with Gasteiger partial charge in [-0.25, -0.2) is 0 Å². The summed E-state index contributed by atoms with van der Waals surface area (Å²) in [5, 5.41) is 0. The number of hydrogen-bond acceptors (Lipinski definition) is 0. The summed E-state index contributed by atoms with van der Waals surface area (Å²) in [6.45, 7) is 6.61. The zero-order chi connectivity index (χ0) is 17.9. The minimum absolute atomic E-state index is 1.09.